The molecule has 1 saturated heterocycles. The van der Waals surface area contributed by atoms with Crippen LogP contribution in [0, 0.1) is 0 Å². The lowest BCUT2D eigenvalue weighted by atomic mass is 10.1. The van der Waals surface area contributed by atoms with E-state index in [4.69, 9.17) is 10.7 Å². The number of carbonyl (C=O) groups excluding carboxylic acids is 2. The summed E-state index contributed by atoms with van der Waals surface area (Å²) in [5, 5.41) is 2.78. The molecule has 5 rings (SSSR count). The number of benzene rings is 1. The van der Waals surface area contributed by atoms with Crippen LogP contribution < -0.4 is 11.1 Å². The van der Waals surface area contributed by atoms with Crippen molar-refractivity contribution in [3.8, 4) is 11.3 Å². The molecular weight excluding hydrogens is 442 g/mol. The van der Waals surface area contributed by atoms with Crippen LogP contribution >= 0.6 is 0 Å². The molecule has 1 aliphatic heterocycles. The first-order chi connectivity index (χ1) is 17.1. The van der Waals surface area contributed by atoms with E-state index in [9.17, 15) is 9.59 Å². The zero-order chi connectivity index (χ0) is 24.4. The molecule has 1 fully saturated rings. The lowest BCUT2D eigenvalue weighted by Crippen LogP contribution is -2.30. The van der Waals surface area contributed by atoms with Gasteiger partial charge >= 0.3 is 0 Å². The summed E-state index contributed by atoms with van der Waals surface area (Å²) < 4.78 is 1.92. The third kappa shape index (κ3) is 4.23. The Bertz CT molecular complexity index is 1410. The van der Waals surface area contributed by atoms with E-state index in [1.165, 1.54) is 0 Å². The largest absolute Gasteiger partial charge is 0.382 e. The number of anilines is 2. The van der Waals surface area contributed by atoms with Crippen LogP contribution in [0.5, 0.6) is 0 Å². The topological polar surface area (TPSA) is 119 Å². The molecule has 4 heterocycles. The fraction of sp³-hybridized carbons (Fsp3) is 0.192. The summed E-state index contributed by atoms with van der Waals surface area (Å²) in [6, 6.07) is 12.3. The Morgan fingerprint density at radius 1 is 1.11 bits per heavy atom. The van der Waals surface area contributed by atoms with Crippen molar-refractivity contribution in [1.82, 2.24) is 24.3 Å². The molecule has 0 spiro atoms. The van der Waals surface area contributed by atoms with Crippen molar-refractivity contribution in [2.75, 3.05) is 17.6 Å². The molecule has 4 aromatic rings. The number of fused-ring (bicyclic) bond motifs is 1. The average molecular weight is 468 g/mol. The minimum atomic E-state index is -0.254. The summed E-state index contributed by atoms with van der Waals surface area (Å²) in [7, 11) is 0. The Labute approximate surface area is 202 Å². The van der Waals surface area contributed by atoms with Gasteiger partial charge in [0, 0.05) is 36.3 Å². The van der Waals surface area contributed by atoms with Gasteiger partial charge in [0.05, 0.1) is 6.04 Å². The summed E-state index contributed by atoms with van der Waals surface area (Å²) in [6.45, 7) is 2.51. The molecule has 9 heteroatoms. The van der Waals surface area contributed by atoms with Crippen molar-refractivity contribution in [3.63, 3.8) is 0 Å². The van der Waals surface area contributed by atoms with Gasteiger partial charge < -0.3 is 16.0 Å². The number of rotatable bonds is 5. The van der Waals surface area contributed by atoms with Crippen LogP contribution in [0.25, 0.3) is 16.8 Å². The highest BCUT2D eigenvalue weighted by Crippen LogP contribution is 2.36. The van der Waals surface area contributed by atoms with Crippen molar-refractivity contribution in [3.05, 3.63) is 84.6 Å². The number of likely N-dealkylation sites (tertiary alicyclic amines) is 1. The zero-order valence-electron chi connectivity index (χ0n) is 19.3. The van der Waals surface area contributed by atoms with Gasteiger partial charge in [0.25, 0.3) is 5.91 Å². The molecule has 0 radical (unpaired) electrons. The van der Waals surface area contributed by atoms with Crippen LogP contribution in [0.1, 0.15) is 42.0 Å². The Balaban J connectivity index is 1.50. The van der Waals surface area contributed by atoms with Gasteiger partial charge in [-0.25, -0.2) is 15.0 Å². The van der Waals surface area contributed by atoms with E-state index in [0.29, 0.717) is 35.0 Å². The quantitative estimate of drug-likeness (QED) is 0.430. The zero-order valence-corrected chi connectivity index (χ0v) is 19.3. The predicted octanol–water partition coefficient (Wildman–Crippen LogP) is 3.87. The monoisotopic (exact) mass is 467 g/mol. The molecular formula is C26H25N7O2. The Morgan fingerprint density at radius 3 is 2.69 bits per heavy atom. The van der Waals surface area contributed by atoms with Gasteiger partial charge in [-0.1, -0.05) is 24.3 Å². The lowest BCUT2D eigenvalue weighted by Gasteiger charge is -2.22. The number of allylic oxidation sites excluding steroid dienone is 1. The predicted molar refractivity (Wildman–Crippen MR) is 134 cm³/mol. The first kappa shape index (κ1) is 22.3. The maximum Gasteiger partial charge on any atom is 0.256 e. The molecule has 0 aliphatic carbocycles. The summed E-state index contributed by atoms with van der Waals surface area (Å²) >= 11 is 0. The molecule has 1 atom stereocenters. The molecule has 176 valence electrons. The molecule has 1 aliphatic rings. The van der Waals surface area contributed by atoms with E-state index < -0.39 is 0 Å². The number of imidazole rings is 1. The number of carbonyl (C=O) groups is 2. The van der Waals surface area contributed by atoms with Crippen LogP contribution in [0.2, 0.25) is 0 Å². The number of pyridine rings is 1. The summed E-state index contributed by atoms with van der Waals surface area (Å²) in [5.41, 5.74) is 8.91. The molecule has 0 saturated carbocycles. The number of hydrogen-bond acceptors (Lipinski definition) is 6. The molecule has 0 bridgehead atoms. The molecule has 3 aromatic heterocycles. The van der Waals surface area contributed by atoms with E-state index >= 15 is 0 Å². The maximum absolute atomic E-state index is 12.7. The molecule has 35 heavy (non-hydrogen) atoms. The van der Waals surface area contributed by atoms with Gasteiger partial charge in [-0.05, 0) is 50.1 Å². The van der Waals surface area contributed by atoms with Gasteiger partial charge in [-0.2, -0.15) is 0 Å². The summed E-state index contributed by atoms with van der Waals surface area (Å²) in [4.78, 5) is 40.5. The van der Waals surface area contributed by atoms with Gasteiger partial charge in [0.15, 0.2) is 0 Å². The van der Waals surface area contributed by atoms with E-state index in [0.717, 1.165) is 24.2 Å². The Morgan fingerprint density at radius 2 is 1.94 bits per heavy atom. The Hall–Kier alpha value is -4.53. The second kappa shape index (κ2) is 9.38. The highest BCUT2D eigenvalue weighted by molar-refractivity contribution is 6.04. The van der Waals surface area contributed by atoms with Crippen molar-refractivity contribution in [2.24, 2.45) is 0 Å². The number of amides is 2. The minimum absolute atomic E-state index is 0.0291. The van der Waals surface area contributed by atoms with Crippen LogP contribution in [-0.2, 0) is 4.79 Å². The summed E-state index contributed by atoms with van der Waals surface area (Å²) in [6.07, 6.45) is 10.1. The maximum atomic E-state index is 12.7. The van der Waals surface area contributed by atoms with E-state index in [1.54, 1.807) is 48.8 Å². The van der Waals surface area contributed by atoms with E-state index in [-0.39, 0.29) is 17.9 Å². The normalized spacial score (nSPS) is 15.7. The highest BCUT2D eigenvalue weighted by Gasteiger charge is 2.33. The molecule has 0 unspecified atom stereocenters. The van der Waals surface area contributed by atoms with E-state index in [1.807, 2.05) is 40.6 Å². The average Bonchev–Trinajstić information content (AvgIpc) is 3.51. The Kier molecular flexibility index (Phi) is 5.97. The summed E-state index contributed by atoms with van der Waals surface area (Å²) in [5.74, 6) is 1.30. The van der Waals surface area contributed by atoms with Gasteiger partial charge in [-0.3, -0.25) is 14.0 Å². The first-order valence-electron chi connectivity index (χ1n) is 11.5. The van der Waals surface area contributed by atoms with E-state index in [2.05, 4.69) is 15.3 Å². The van der Waals surface area contributed by atoms with Gasteiger partial charge in [0.2, 0.25) is 5.91 Å². The fourth-order valence-corrected chi connectivity index (χ4v) is 4.47. The molecule has 1 aromatic carbocycles. The number of nitrogen functional groups attached to an aromatic ring is 1. The number of aromatic nitrogens is 4. The molecule has 3 N–H and O–H groups in total. The second-order valence-electron chi connectivity index (χ2n) is 8.29. The van der Waals surface area contributed by atoms with Crippen molar-refractivity contribution in [1.29, 1.82) is 0 Å². The number of nitrogens with zero attached hydrogens (tertiary/aromatic N) is 5. The van der Waals surface area contributed by atoms with Crippen molar-refractivity contribution >= 4 is 29.0 Å². The fourth-order valence-electron chi connectivity index (χ4n) is 4.47. The minimum Gasteiger partial charge on any atom is -0.382 e. The van der Waals surface area contributed by atoms with Crippen molar-refractivity contribution < 1.29 is 9.59 Å². The molecule has 2 amide bonds. The number of hydrogen-bond donors (Lipinski definition) is 2. The third-order valence-corrected chi connectivity index (χ3v) is 6.08. The number of nitrogens with one attached hydrogen (secondary N) is 1. The molecule has 9 nitrogen and oxygen atoms in total. The number of nitrogens with two attached hydrogens (primary N) is 1. The highest BCUT2D eigenvalue weighted by atomic mass is 16.2. The smallest absolute Gasteiger partial charge is 0.256 e. The SMILES string of the molecule is C/C=C/C(=O)N1CCC[C@H]1c1nc(-c2ccc(C(=O)Nc3ccccn3)cc2)c2c(N)nccn12. The third-order valence-electron chi connectivity index (χ3n) is 6.08. The van der Waals surface area contributed by atoms with Crippen molar-refractivity contribution in [2.45, 2.75) is 25.8 Å². The van der Waals surface area contributed by atoms with Crippen LogP contribution in [0.3, 0.4) is 0 Å². The lowest BCUT2D eigenvalue weighted by molar-refractivity contribution is -0.127. The van der Waals surface area contributed by atoms with Gasteiger partial charge in [0.1, 0.15) is 28.7 Å². The van der Waals surface area contributed by atoms with Crippen LogP contribution in [-0.4, -0.2) is 42.6 Å². The van der Waals surface area contributed by atoms with Crippen LogP contribution in [0.15, 0.2) is 73.2 Å². The van der Waals surface area contributed by atoms with Crippen LogP contribution in [0.4, 0.5) is 11.6 Å². The first-order valence-corrected chi connectivity index (χ1v) is 11.5. The van der Waals surface area contributed by atoms with Gasteiger partial charge in [-0.15, -0.1) is 0 Å². The second-order valence-corrected chi connectivity index (χ2v) is 8.29. The standard InChI is InChI=1S/C26H25N7O2/c1-2-6-21(34)32-15-5-7-19(32)25-31-22(23-24(27)29-14-16-33(23)25)17-9-11-18(12-10-17)26(35)30-20-8-3-4-13-28-20/h2-4,6,8-14,16,19H,5,7,15H2,1H3,(H2,27,29)(H,28,30,35)/b6-2+/t19-/m0/s1.